The molecule has 3 nitrogen and oxygen atoms in total. The SMILES string of the molecule is Cc1ccnc(SCc2c(Cl)ccnc2Cl)n1. The fourth-order valence-corrected chi connectivity index (χ4v) is 2.76. The van der Waals surface area contributed by atoms with Crippen molar-refractivity contribution < 1.29 is 0 Å². The van der Waals surface area contributed by atoms with Crippen molar-refractivity contribution in [3.8, 4) is 0 Å². The van der Waals surface area contributed by atoms with Gasteiger partial charge in [-0.05, 0) is 19.1 Å². The van der Waals surface area contributed by atoms with Gasteiger partial charge in [-0.2, -0.15) is 0 Å². The molecule has 0 bridgehead atoms. The standard InChI is InChI=1S/C11H9Cl2N3S/c1-7-2-4-15-11(16-7)17-6-8-9(12)3-5-14-10(8)13/h2-5H,6H2,1H3. The van der Waals surface area contributed by atoms with E-state index in [1.807, 2.05) is 13.0 Å². The van der Waals surface area contributed by atoms with Crippen LogP contribution < -0.4 is 0 Å². The molecule has 0 radical (unpaired) electrons. The van der Waals surface area contributed by atoms with Gasteiger partial charge in [-0.15, -0.1) is 0 Å². The van der Waals surface area contributed by atoms with Gasteiger partial charge in [-0.25, -0.2) is 15.0 Å². The van der Waals surface area contributed by atoms with Gasteiger partial charge in [-0.1, -0.05) is 35.0 Å². The predicted molar refractivity (Wildman–Crippen MR) is 70.6 cm³/mol. The van der Waals surface area contributed by atoms with Crippen molar-refractivity contribution in [3.63, 3.8) is 0 Å². The first-order valence-corrected chi connectivity index (χ1v) is 6.62. The number of halogens is 2. The second-order valence-electron chi connectivity index (χ2n) is 3.33. The largest absolute Gasteiger partial charge is 0.244 e. The number of nitrogens with zero attached hydrogens (tertiary/aromatic N) is 3. The minimum atomic E-state index is 0.428. The van der Waals surface area contributed by atoms with Crippen molar-refractivity contribution in [2.75, 3.05) is 0 Å². The molecule has 2 rings (SSSR count). The lowest BCUT2D eigenvalue weighted by atomic mass is 10.3. The maximum absolute atomic E-state index is 6.05. The summed E-state index contributed by atoms with van der Waals surface area (Å²) < 4.78 is 0. The van der Waals surface area contributed by atoms with E-state index in [-0.39, 0.29) is 0 Å². The molecular formula is C11H9Cl2N3S. The Balaban J connectivity index is 2.13. The highest BCUT2D eigenvalue weighted by Crippen LogP contribution is 2.28. The lowest BCUT2D eigenvalue weighted by Gasteiger charge is -2.05. The van der Waals surface area contributed by atoms with Crippen LogP contribution in [-0.2, 0) is 5.75 Å². The van der Waals surface area contributed by atoms with E-state index in [0.29, 0.717) is 21.1 Å². The Morgan fingerprint density at radius 3 is 2.65 bits per heavy atom. The number of hydrogen-bond acceptors (Lipinski definition) is 4. The number of hydrogen-bond donors (Lipinski definition) is 0. The van der Waals surface area contributed by atoms with E-state index in [1.165, 1.54) is 11.8 Å². The Morgan fingerprint density at radius 2 is 1.94 bits per heavy atom. The summed E-state index contributed by atoms with van der Waals surface area (Å²) in [6, 6.07) is 3.58. The summed E-state index contributed by atoms with van der Waals surface area (Å²) in [6.07, 6.45) is 3.32. The Kier molecular flexibility index (Phi) is 4.20. The fraction of sp³-hybridized carbons (Fsp3) is 0.182. The summed E-state index contributed by atoms with van der Waals surface area (Å²) in [5.74, 6) is 0.606. The van der Waals surface area contributed by atoms with Crippen molar-refractivity contribution in [2.45, 2.75) is 17.8 Å². The van der Waals surface area contributed by atoms with Crippen LogP contribution in [-0.4, -0.2) is 15.0 Å². The Hall–Kier alpha value is -0.840. The normalized spacial score (nSPS) is 10.5. The second kappa shape index (κ2) is 5.67. The molecular weight excluding hydrogens is 277 g/mol. The van der Waals surface area contributed by atoms with Crippen LogP contribution in [0.3, 0.4) is 0 Å². The quantitative estimate of drug-likeness (QED) is 0.489. The zero-order valence-corrected chi connectivity index (χ0v) is 11.4. The van der Waals surface area contributed by atoms with Crippen molar-refractivity contribution >= 4 is 35.0 Å². The van der Waals surface area contributed by atoms with Gasteiger partial charge in [0.05, 0.1) is 0 Å². The lowest BCUT2D eigenvalue weighted by Crippen LogP contribution is -1.91. The summed E-state index contributed by atoms with van der Waals surface area (Å²) >= 11 is 13.5. The van der Waals surface area contributed by atoms with E-state index >= 15 is 0 Å². The van der Waals surface area contributed by atoms with Gasteiger partial charge in [0.1, 0.15) is 5.15 Å². The van der Waals surface area contributed by atoms with Crippen LogP contribution in [0.1, 0.15) is 11.3 Å². The molecule has 0 fully saturated rings. The summed E-state index contributed by atoms with van der Waals surface area (Å²) in [7, 11) is 0. The van der Waals surface area contributed by atoms with Gasteiger partial charge in [0.2, 0.25) is 0 Å². The third-order valence-electron chi connectivity index (χ3n) is 2.06. The van der Waals surface area contributed by atoms with Crippen LogP contribution in [0, 0.1) is 6.92 Å². The van der Waals surface area contributed by atoms with Gasteiger partial charge in [0, 0.05) is 34.4 Å². The van der Waals surface area contributed by atoms with Crippen molar-refractivity contribution in [1.82, 2.24) is 15.0 Å². The van der Waals surface area contributed by atoms with Crippen LogP contribution in [0.4, 0.5) is 0 Å². The smallest absolute Gasteiger partial charge is 0.188 e. The van der Waals surface area contributed by atoms with Gasteiger partial charge in [-0.3, -0.25) is 0 Å². The number of rotatable bonds is 3. The molecule has 2 aromatic rings. The second-order valence-corrected chi connectivity index (χ2v) is 5.04. The molecule has 0 unspecified atom stereocenters. The van der Waals surface area contributed by atoms with E-state index < -0.39 is 0 Å². The molecule has 0 saturated carbocycles. The first-order chi connectivity index (χ1) is 8.16. The zero-order valence-electron chi connectivity index (χ0n) is 9.02. The van der Waals surface area contributed by atoms with Gasteiger partial charge < -0.3 is 0 Å². The van der Waals surface area contributed by atoms with E-state index in [2.05, 4.69) is 15.0 Å². The molecule has 0 saturated heterocycles. The third-order valence-corrected chi connectivity index (χ3v) is 3.63. The molecule has 6 heteroatoms. The highest BCUT2D eigenvalue weighted by Gasteiger charge is 2.08. The van der Waals surface area contributed by atoms with Crippen LogP contribution in [0.2, 0.25) is 10.2 Å². The molecule has 0 aromatic carbocycles. The molecule has 0 aliphatic heterocycles. The molecule has 88 valence electrons. The molecule has 0 aliphatic rings. The first-order valence-electron chi connectivity index (χ1n) is 4.88. The van der Waals surface area contributed by atoms with Crippen molar-refractivity contribution in [3.05, 3.63) is 46.0 Å². The molecule has 0 N–H and O–H groups in total. The molecule has 0 atom stereocenters. The van der Waals surface area contributed by atoms with Crippen LogP contribution in [0.5, 0.6) is 0 Å². The maximum Gasteiger partial charge on any atom is 0.188 e. The van der Waals surface area contributed by atoms with Gasteiger partial charge in [0.15, 0.2) is 5.16 Å². The minimum absolute atomic E-state index is 0.428. The van der Waals surface area contributed by atoms with E-state index in [4.69, 9.17) is 23.2 Å². The Labute approximate surface area is 114 Å². The molecule has 0 aliphatic carbocycles. The Morgan fingerprint density at radius 1 is 1.18 bits per heavy atom. The highest BCUT2D eigenvalue weighted by molar-refractivity contribution is 7.98. The molecule has 0 spiro atoms. The molecule has 2 aromatic heterocycles. The summed E-state index contributed by atoms with van der Waals surface area (Å²) in [6.45, 7) is 1.93. The summed E-state index contributed by atoms with van der Waals surface area (Å²) in [4.78, 5) is 12.4. The van der Waals surface area contributed by atoms with Crippen LogP contribution in [0.15, 0.2) is 29.7 Å². The molecule has 0 amide bonds. The number of pyridine rings is 1. The van der Waals surface area contributed by atoms with Crippen molar-refractivity contribution in [2.24, 2.45) is 0 Å². The van der Waals surface area contributed by atoms with E-state index in [0.717, 1.165) is 11.3 Å². The summed E-state index contributed by atoms with van der Waals surface area (Å²) in [5, 5.41) is 1.75. The number of aromatic nitrogens is 3. The molecule has 2 heterocycles. The van der Waals surface area contributed by atoms with Crippen LogP contribution >= 0.6 is 35.0 Å². The number of aryl methyl sites for hydroxylation is 1. The van der Waals surface area contributed by atoms with Crippen molar-refractivity contribution in [1.29, 1.82) is 0 Å². The molecule has 17 heavy (non-hydrogen) atoms. The monoisotopic (exact) mass is 285 g/mol. The van der Waals surface area contributed by atoms with Gasteiger partial charge in [0.25, 0.3) is 0 Å². The third kappa shape index (κ3) is 3.31. The highest BCUT2D eigenvalue weighted by atomic mass is 35.5. The lowest BCUT2D eigenvalue weighted by molar-refractivity contribution is 0.931. The van der Waals surface area contributed by atoms with Gasteiger partial charge >= 0.3 is 0 Å². The number of thioether (sulfide) groups is 1. The summed E-state index contributed by atoms with van der Waals surface area (Å²) in [5.41, 5.74) is 1.75. The first kappa shape index (κ1) is 12.6. The Bertz CT molecular complexity index is 514. The van der Waals surface area contributed by atoms with E-state index in [9.17, 15) is 0 Å². The minimum Gasteiger partial charge on any atom is -0.244 e. The van der Waals surface area contributed by atoms with Crippen LogP contribution in [0.25, 0.3) is 0 Å². The maximum atomic E-state index is 6.05. The van der Waals surface area contributed by atoms with E-state index in [1.54, 1.807) is 18.5 Å². The topological polar surface area (TPSA) is 38.7 Å². The average Bonchev–Trinajstić information content (AvgIpc) is 2.28. The zero-order chi connectivity index (χ0) is 12.3. The predicted octanol–water partition coefficient (Wildman–Crippen LogP) is 3.78. The average molecular weight is 286 g/mol. The fourth-order valence-electron chi connectivity index (χ4n) is 1.21.